The molecule has 0 N–H and O–H groups in total. The summed E-state index contributed by atoms with van der Waals surface area (Å²) in [6, 6.07) is 9.89. The van der Waals surface area contributed by atoms with Gasteiger partial charge in [-0.05, 0) is 82.4 Å². The van der Waals surface area contributed by atoms with Gasteiger partial charge in [0.05, 0.1) is 10.2 Å². The number of carbonyl (C=O) groups excluding carboxylic acids is 1. The normalized spacial score (nSPS) is 11.3. The van der Waals surface area contributed by atoms with Crippen LogP contribution in [0.1, 0.15) is 27.9 Å². The molecule has 0 unspecified atom stereocenters. The maximum absolute atomic E-state index is 13.2. The van der Waals surface area contributed by atoms with Gasteiger partial charge in [-0.2, -0.15) is 0 Å². The number of benzene rings is 2. The van der Waals surface area contributed by atoms with Gasteiger partial charge in [-0.3, -0.25) is 9.69 Å². The Bertz CT molecular complexity index is 950. The Kier molecular flexibility index (Phi) is 5.87. The van der Waals surface area contributed by atoms with Crippen molar-refractivity contribution in [1.29, 1.82) is 0 Å². The molecule has 1 heterocycles. The Labute approximate surface area is 163 Å². The van der Waals surface area contributed by atoms with E-state index in [4.69, 9.17) is 4.98 Å². The summed E-state index contributed by atoms with van der Waals surface area (Å²) in [5.74, 6) is -0.501. The van der Waals surface area contributed by atoms with E-state index >= 15 is 0 Å². The average Bonchev–Trinajstić information content (AvgIpc) is 3.02. The van der Waals surface area contributed by atoms with E-state index in [1.165, 1.54) is 41.2 Å². The maximum atomic E-state index is 13.2. The van der Waals surface area contributed by atoms with Gasteiger partial charge in [0.25, 0.3) is 5.91 Å². The van der Waals surface area contributed by atoms with Gasteiger partial charge in [0.1, 0.15) is 5.82 Å². The molecule has 0 spiro atoms. The number of amides is 1. The minimum Gasteiger partial charge on any atom is -0.309 e. The number of thiazole rings is 1. The van der Waals surface area contributed by atoms with E-state index in [1.54, 1.807) is 4.90 Å². The molecule has 0 atom stereocenters. The van der Waals surface area contributed by atoms with E-state index in [0.29, 0.717) is 17.2 Å². The molecule has 0 radical (unpaired) electrons. The first-order valence-corrected chi connectivity index (χ1v) is 9.77. The van der Waals surface area contributed by atoms with Gasteiger partial charge in [0.15, 0.2) is 5.13 Å². The highest BCUT2D eigenvalue weighted by atomic mass is 32.1. The van der Waals surface area contributed by atoms with Gasteiger partial charge in [-0.25, -0.2) is 9.37 Å². The Morgan fingerprint density at radius 2 is 1.81 bits per heavy atom. The third-order valence-corrected chi connectivity index (χ3v) is 5.40. The zero-order chi connectivity index (χ0) is 19.6. The molecule has 2 aromatic carbocycles. The van der Waals surface area contributed by atoms with Gasteiger partial charge < -0.3 is 4.90 Å². The van der Waals surface area contributed by atoms with Crippen molar-refractivity contribution in [3.8, 4) is 0 Å². The van der Waals surface area contributed by atoms with Gasteiger partial charge >= 0.3 is 0 Å². The number of aryl methyl sites for hydroxylation is 2. The number of hydrogen-bond donors (Lipinski definition) is 0. The predicted molar refractivity (Wildman–Crippen MR) is 110 cm³/mol. The van der Waals surface area contributed by atoms with Crippen LogP contribution < -0.4 is 4.90 Å². The number of fused-ring (bicyclic) bond motifs is 1. The van der Waals surface area contributed by atoms with Gasteiger partial charge in [-0.1, -0.05) is 17.4 Å². The SMILES string of the molecule is Cc1cc(C)c2nc(N(CCCN(C)C)C(=O)c3ccc(F)cc3)sc2c1. The van der Waals surface area contributed by atoms with Crippen LogP contribution in [0, 0.1) is 19.7 Å². The van der Waals surface area contributed by atoms with E-state index in [1.807, 2.05) is 21.0 Å². The lowest BCUT2D eigenvalue weighted by Gasteiger charge is -2.21. The van der Waals surface area contributed by atoms with Crippen molar-refractivity contribution in [3.63, 3.8) is 0 Å². The van der Waals surface area contributed by atoms with Crippen molar-refractivity contribution in [2.75, 3.05) is 32.1 Å². The number of carbonyl (C=O) groups is 1. The molecular weight excluding hydrogens is 361 g/mol. The van der Waals surface area contributed by atoms with Crippen LogP contribution in [-0.2, 0) is 0 Å². The van der Waals surface area contributed by atoms with E-state index in [0.717, 1.165) is 28.7 Å². The van der Waals surface area contributed by atoms with Gasteiger partial charge in [-0.15, -0.1) is 0 Å². The highest BCUT2D eigenvalue weighted by Gasteiger charge is 2.21. The molecular formula is C21H24FN3OS. The first-order valence-electron chi connectivity index (χ1n) is 8.95. The highest BCUT2D eigenvalue weighted by molar-refractivity contribution is 7.22. The van der Waals surface area contributed by atoms with E-state index in [-0.39, 0.29) is 11.7 Å². The molecule has 4 nitrogen and oxygen atoms in total. The van der Waals surface area contributed by atoms with Crippen LogP contribution in [0.3, 0.4) is 0 Å². The largest absolute Gasteiger partial charge is 0.309 e. The van der Waals surface area contributed by atoms with Crippen LogP contribution >= 0.6 is 11.3 Å². The van der Waals surface area contributed by atoms with Gasteiger partial charge in [0, 0.05) is 12.1 Å². The summed E-state index contributed by atoms with van der Waals surface area (Å²) in [5, 5.41) is 0.687. The summed E-state index contributed by atoms with van der Waals surface area (Å²) < 4.78 is 14.3. The zero-order valence-corrected chi connectivity index (χ0v) is 16.9. The fraction of sp³-hybridized carbons (Fsp3) is 0.333. The van der Waals surface area contributed by atoms with Gasteiger partial charge in [0.2, 0.25) is 0 Å². The Morgan fingerprint density at radius 3 is 2.48 bits per heavy atom. The fourth-order valence-electron chi connectivity index (χ4n) is 3.05. The Morgan fingerprint density at radius 1 is 1.11 bits per heavy atom. The number of halogens is 1. The van der Waals surface area contributed by atoms with E-state index < -0.39 is 0 Å². The number of anilines is 1. The molecule has 0 aliphatic heterocycles. The number of nitrogens with zero attached hydrogens (tertiary/aromatic N) is 3. The van der Waals surface area contributed by atoms with Crippen LogP contribution in [0.2, 0.25) is 0 Å². The van der Waals surface area contributed by atoms with Crippen molar-refractivity contribution < 1.29 is 9.18 Å². The molecule has 0 bridgehead atoms. The molecule has 0 fully saturated rings. The summed E-state index contributed by atoms with van der Waals surface area (Å²) in [5.41, 5.74) is 3.69. The highest BCUT2D eigenvalue weighted by Crippen LogP contribution is 2.32. The lowest BCUT2D eigenvalue weighted by atomic mass is 10.1. The number of aromatic nitrogens is 1. The molecule has 0 aliphatic rings. The lowest BCUT2D eigenvalue weighted by molar-refractivity contribution is 0.0986. The maximum Gasteiger partial charge on any atom is 0.260 e. The van der Waals surface area contributed by atoms with Crippen LogP contribution in [0.4, 0.5) is 9.52 Å². The van der Waals surface area contributed by atoms with Crippen molar-refractivity contribution >= 4 is 32.6 Å². The molecule has 27 heavy (non-hydrogen) atoms. The average molecular weight is 386 g/mol. The third-order valence-electron chi connectivity index (χ3n) is 4.37. The molecule has 3 rings (SSSR count). The third kappa shape index (κ3) is 4.51. The second kappa shape index (κ2) is 8.15. The molecule has 3 aromatic rings. The molecule has 1 aromatic heterocycles. The Balaban J connectivity index is 1.97. The first kappa shape index (κ1) is 19.5. The van der Waals surface area contributed by atoms with Crippen molar-refractivity contribution in [2.24, 2.45) is 0 Å². The monoisotopic (exact) mass is 385 g/mol. The molecule has 142 valence electrons. The molecule has 0 saturated carbocycles. The fourth-order valence-corrected chi connectivity index (χ4v) is 4.22. The minimum atomic E-state index is -0.350. The second-order valence-electron chi connectivity index (χ2n) is 7.05. The summed E-state index contributed by atoms with van der Waals surface area (Å²) in [7, 11) is 4.02. The minimum absolute atomic E-state index is 0.151. The summed E-state index contributed by atoms with van der Waals surface area (Å²) in [6.45, 7) is 5.53. The summed E-state index contributed by atoms with van der Waals surface area (Å²) in [4.78, 5) is 21.7. The standard InChI is InChI=1S/C21H24FN3OS/c1-14-12-15(2)19-18(13-14)27-21(23-19)25(11-5-10-24(3)4)20(26)16-6-8-17(22)9-7-16/h6-9,12-13H,5,10-11H2,1-4H3. The van der Waals surface area contributed by atoms with E-state index in [2.05, 4.69) is 24.0 Å². The molecule has 0 saturated heterocycles. The number of hydrogen-bond acceptors (Lipinski definition) is 4. The van der Waals surface area contributed by atoms with Crippen LogP contribution in [0.15, 0.2) is 36.4 Å². The van der Waals surface area contributed by atoms with Crippen LogP contribution in [0.25, 0.3) is 10.2 Å². The lowest BCUT2D eigenvalue weighted by Crippen LogP contribution is -2.33. The quantitative estimate of drug-likeness (QED) is 0.620. The first-order chi connectivity index (χ1) is 12.8. The topological polar surface area (TPSA) is 36.4 Å². The second-order valence-corrected chi connectivity index (χ2v) is 8.05. The summed E-state index contributed by atoms with van der Waals surface area (Å²) in [6.07, 6.45) is 0.827. The molecule has 0 aliphatic carbocycles. The molecule has 6 heteroatoms. The Hall–Kier alpha value is -2.31. The zero-order valence-electron chi connectivity index (χ0n) is 16.1. The van der Waals surface area contributed by atoms with Crippen LogP contribution in [0.5, 0.6) is 0 Å². The van der Waals surface area contributed by atoms with Crippen LogP contribution in [-0.4, -0.2) is 43.0 Å². The van der Waals surface area contributed by atoms with Crippen molar-refractivity contribution in [1.82, 2.24) is 9.88 Å². The van der Waals surface area contributed by atoms with E-state index in [9.17, 15) is 9.18 Å². The van der Waals surface area contributed by atoms with Crippen molar-refractivity contribution in [2.45, 2.75) is 20.3 Å². The smallest absolute Gasteiger partial charge is 0.260 e. The molecule has 1 amide bonds. The predicted octanol–water partition coefficient (Wildman–Crippen LogP) is 4.65. The summed E-state index contributed by atoms with van der Waals surface area (Å²) >= 11 is 1.52. The van der Waals surface area contributed by atoms with Crippen molar-refractivity contribution in [3.05, 3.63) is 58.9 Å². The number of rotatable bonds is 6.